The molecule has 4 heteroatoms. The van der Waals surface area contributed by atoms with Gasteiger partial charge in [0.2, 0.25) is 0 Å². The average molecular weight is 569 g/mol. The summed E-state index contributed by atoms with van der Waals surface area (Å²) >= 11 is 1.76. The monoisotopic (exact) mass is 568 g/mol. The van der Waals surface area contributed by atoms with Gasteiger partial charge in [-0.3, -0.25) is 0 Å². The summed E-state index contributed by atoms with van der Waals surface area (Å²) in [5, 5.41) is 8.36. The zero-order chi connectivity index (χ0) is 28.3. The molecule has 0 atom stereocenters. The van der Waals surface area contributed by atoms with E-state index in [2.05, 4.69) is 132 Å². The predicted molar refractivity (Wildman–Crippen MR) is 182 cm³/mol. The molecule has 0 aliphatic rings. The number of furan rings is 1. The Labute approximate surface area is 251 Å². The summed E-state index contributed by atoms with van der Waals surface area (Å²) < 4.78 is 7.47. The maximum absolute atomic E-state index is 6.24. The van der Waals surface area contributed by atoms with Crippen LogP contribution in [0.2, 0.25) is 0 Å². The van der Waals surface area contributed by atoms with Crippen molar-refractivity contribution in [2.24, 2.45) is 0 Å². The molecule has 202 valence electrons. The zero-order valence-electron chi connectivity index (χ0n) is 23.1. The second-order valence-electron chi connectivity index (χ2n) is 10.8. The van der Waals surface area contributed by atoms with Gasteiger partial charge in [-0.1, -0.05) is 78.9 Å². The van der Waals surface area contributed by atoms with Crippen molar-refractivity contribution in [2.45, 2.75) is 0 Å². The summed E-state index contributed by atoms with van der Waals surface area (Å²) in [6.07, 6.45) is 0. The van der Waals surface area contributed by atoms with Gasteiger partial charge in [-0.25, -0.2) is 4.98 Å². The molecular weight excluding hydrogens is 545 g/mol. The number of fused-ring (bicyclic) bond motifs is 8. The third-order valence-corrected chi connectivity index (χ3v) is 9.44. The summed E-state index contributed by atoms with van der Waals surface area (Å²) in [5.74, 6) is 0. The molecule has 9 rings (SSSR count). The van der Waals surface area contributed by atoms with E-state index in [0.29, 0.717) is 0 Å². The van der Waals surface area contributed by atoms with Gasteiger partial charge >= 0.3 is 0 Å². The first-order chi connectivity index (χ1) is 21.3. The molecule has 0 N–H and O–H groups in total. The number of benzene rings is 7. The molecule has 0 aliphatic heterocycles. The molecule has 0 spiro atoms. The molecule has 0 radical (unpaired) electrons. The highest BCUT2D eigenvalue weighted by Crippen LogP contribution is 2.41. The van der Waals surface area contributed by atoms with E-state index in [1.54, 1.807) is 11.3 Å². The first kappa shape index (κ1) is 24.2. The van der Waals surface area contributed by atoms with Crippen LogP contribution in [-0.4, -0.2) is 4.98 Å². The van der Waals surface area contributed by atoms with Crippen LogP contribution >= 0.6 is 11.3 Å². The highest BCUT2D eigenvalue weighted by Gasteiger charge is 2.16. The van der Waals surface area contributed by atoms with E-state index in [1.807, 2.05) is 18.2 Å². The van der Waals surface area contributed by atoms with Crippen molar-refractivity contribution in [1.82, 2.24) is 4.98 Å². The van der Waals surface area contributed by atoms with Crippen molar-refractivity contribution in [2.75, 3.05) is 4.90 Å². The van der Waals surface area contributed by atoms with Crippen molar-refractivity contribution >= 4 is 82.1 Å². The molecule has 0 fully saturated rings. The number of anilines is 3. The number of aromatic nitrogens is 1. The Kier molecular flexibility index (Phi) is 5.37. The highest BCUT2D eigenvalue weighted by molar-refractivity contribution is 7.22. The van der Waals surface area contributed by atoms with E-state index in [4.69, 9.17) is 9.40 Å². The third kappa shape index (κ3) is 3.92. The van der Waals surface area contributed by atoms with Crippen LogP contribution in [-0.2, 0) is 0 Å². The predicted octanol–water partition coefficient (Wildman–Crippen LogP) is 11.6. The van der Waals surface area contributed by atoms with Crippen LogP contribution in [0.15, 0.2) is 150 Å². The number of nitrogens with zero attached hydrogens (tertiary/aromatic N) is 2. The second-order valence-corrected chi connectivity index (χ2v) is 11.8. The molecule has 0 unspecified atom stereocenters. The Balaban J connectivity index is 1.13. The van der Waals surface area contributed by atoms with Crippen LogP contribution < -0.4 is 4.90 Å². The Bertz CT molecular complexity index is 2460. The molecule has 0 amide bonds. The molecule has 0 aliphatic carbocycles. The summed E-state index contributed by atoms with van der Waals surface area (Å²) in [5.41, 5.74) is 7.14. The zero-order valence-corrected chi connectivity index (χ0v) is 23.9. The van der Waals surface area contributed by atoms with Crippen molar-refractivity contribution in [3.05, 3.63) is 146 Å². The smallest absolute Gasteiger partial charge is 0.137 e. The fourth-order valence-electron chi connectivity index (χ4n) is 6.23. The summed E-state index contributed by atoms with van der Waals surface area (Å²) in [6.45, 7) is 0. The summed E-state index contributed by atoms with van der Waals surface area (Å²) in [6, 6.07) is 51.3. The van der Waals surface area contributed by atoms with Gasteiger partial charge in [0, 0.05) is 44.9 Å². The van der Waals surface area contributed by atoms with E-state index in [9.17, 15) is 0 Å². The van der Waals surface area contributed by atoms with Gasteiger partial charge in [-0.15, -0.1) is 11.3 Å². The Morgan fingerprint density at radius 1 is 0.488 bits per heavy atom. The molecule has 43 heavy (non-hydrogen) atoms. The summed E-state index contributed by atoms with van der Waals surface area (Å²) in [7, 11) is 0. The highest BCUT2D eigenvalue weighted by atomic mass is 32.1. The summed E-state index contributed by atoms with van der Waals surface area (Å²) in [4.78, 5) is 7.32. The van der Waals surface area contributed by atoms with Crippen LogP contribution in [0, 0.1) is 0 Å². The number of hydrogen-bond acceptors (Lipinski definition) is 4. The molecule has 3 nitrogen and oxygen atoms in total. The molecule has 0 bridgehead atoms. The minimum atomic E-state index is 0.880. The number of hydrogen-bond donors (Lipinski definition) is 0. The van der Waals surface area contributed by atoms with E-state index < -0.39 is 0 Å². The van der Waals surface area contributed by atoms with Gasteiger partial charge in [-0.05, 0) is 76.8 Å². The molecule has 9 aromatic rings. The molecule has 7 aromatic carbocycles. The van der Waals surface area contributed by atoms with E-state index >= 15 is 0 Å². The Hall–Kier alpha value is -5.45. The minimum Gasteiger partial charge on any atom is -0.456 e. The Morgan fingerprint density at radius 3 is 2.05 bits per heavy atom. The van der Waals surface area contributed by atoms with Crippen LogP contribution in [0.4, 0.5) is 17.1 Å². The lowest BCUT2D eigenvalue weighted by atomic mass is 10.0. The number of para-hydroxylation sites is 2. The van der Waals surface area contributed by atoms with Crippen molar-refractivity contribution in [1.29, 1.82) is 0 Å². The fourth-order valence-corrected chi connectivity index (χ4v) is 7.33. The molecule has 0 saturated heterocycles. The maximum Gasteiger partial charge on any atom is 0.137 e. The van der Waals surface area contributed by atoms with E-state index in [1.165, 1.54) is 26.2 Å². The van der Waals surface area contributed by atoms with Gasteiger partial charge in [-0.2, -0.15) is 0 Å². The van der Waals surface area contributed by atoms with Crippen LogP contribution in [0.1, 0.15) is 0 Å². The Morgan fingerprint density at radius 2 is 1.16 bits per heavy atom. The molecular formula is C39H24N2OS. The van der Waals surface area contributed by atoms with Gasteiger partial charge in [0.05, 0.1) is 10.2 Å². The molecule has 0 saturated carbocycles. The quantitative estimate of drug-likeness (QED) is 0.198. The van der Waals surface area contributed by atoms with Gasteiger partial charge in [0.1, 0.15) is 16.2 Å². The van der Waals surface area contributed by atoms with E-state index in [0.717, 1.165) is 55.1 Å². The standard InChI is InChI=1S/C39H24N2OS/c1-2-9-27(10-3-1)41(29-19-21-33-32-12-6-7-13-36(32)42-37(33)24-29)28-17-14-26(15-18-28)39-40-35-23-22-31-30-11-5-4-8-25(30)16-20-34(31)38(35)43-39/h1-24H. The van der Waals surface area contributed by atoms with Crippen molar-refractivity contribution in [3.8, 4) is 10.6 Å². The van der Waals surface area contributed by atoms with Crippen molar-refractivity contribution < 1.29 is 4.42 Å². The lowest BCUT2D eigenvalue weighted by molar-refractivity contribution is 0.669. The van der Waals surface area contributed by atoms with Crippen molar-refractivity contribution in [3.63, 3.8) is 0 Å². The van der Waals surface area contributed by atoms with Gasteiger partial charge < -0.3 is 9.32 Å². The first-order valence-electron chi connectivity index (χ1n) is 14.4. The van der Waals surface area contributed by atoms with Gasteiger partial charge in [0.15, 0.2) is 0 Å². The van der Waals surface area contributed by atoms with Crippen LogP contribution in [0.25, 0.3) is 64.3 Å². The first-order valence-corrected chi connectivity index (χ1v) is 15.2. The second kappa shape index (κ2) is 9.55. The number of thiazole rings is 1. The maximum atomic E-state index is 6.24. The van der Waals surface area contributed by atoms with E-state index in [-0.39, 0.29) is 0 Å². The molecule has 2 heterocycles. The largest absolute Gasteiger partial charge is 0.456 e. The lowest BCUT2D eigenvalue weighted by Gasteiger charge is -2.25. The molecule has 2 aromatic heterocycles. The fraction of sp³-hybridized carbons (Fsp3) is 0. The minimum absolute atomic E-state index is 0.880. The van der Waals surface area contributed by atoms with Crippen LogP contribution in [0.3, 0.4) is 0 Å². The average Bonchev–Trinajstić information content (AvgIpc) is 3.67. The van der Waals surface area contributed by atoms with Gasteiger partial charge in [0.25, 0.3) is 0 Å². The van der Waals surface area contributed by atoms with Crippen LogP contribution in [0.5, 0.6) is 0 Å². The SMILES string of the molecule is c1ccc(N(c2ccc(-c3nc4ccc5c6ccccc6ccc5c4s3)cc2)c2ccc3c(c2)oc2ccccc23)cc1. The lowest BCUT2D eigenvalue weighted by Crippen LogP contribution is -2.09. The third-order valence-electron chi connectivity index (χ3n) is 8.28. The number of rotatable bonds is 4. The topological polar surface area (TPSA) is 29.3 Å². The normalized spacial score (nSPS) is 11.7.